The number of aromatic amines is 1. The topological polar surface area (TPSA) is 15.8 Å². The van der Waals surface area contributed by atoms with E-state index in [9.17, 15) is 0 Å². The molecule has 0 amide bonds. The molecular formula is C34H21NS. The predicted octanol–water partition coefficient (Wildman–Crippen LogP) is 9.39. The van der Waals surface area contributed by atoms with Gasteiger partial charge in [0.1, 0.15) is 0 Å². The zero-order valence-electron chi connectivity index (χ0n) is 19.5. The van der Waals surface area contributed by atoms with Crippen molar-refractivity contribution >= 4 is 22.7 Å². The van der Waals surface area contributed by atoms with Gasteiger partial charge in [-0.1, -0.05) is 91.0 Å². The quantitative estimate of drug-likeness (QED) is 0.231. The lowest BCUT2D eigenvalue weighted by atomic mass is 9.78. The largest absolute Gasteiger partial charge is 0.357 e. The summed E-state index contributed by atoms with van der Waals surface area (Å²) in [6.45, 7) is 0. The van der Waals surface area contributed by atoms with Gasteiger partial charge in [0.2, 0.25) is 0 Å². The fraction of sp³-hybridized carbons (Fsp3) is 0.0588. The molecule has 0 saturated heterocycles. The SMILES string of the molecule is c1ccc2c(c1)-c1ccccc1-c1cc3c(cc1-c1ccccc1-2)C1SC3c2[nH]c3ccccc3c21. The molecule has 6 aromatic rings. The van der Waals surface area contributed by atoms with Crippen molar-refractivity contribution in [3.05, 3.63) is 132 Å². The first-order chi connectivity index (χ1) is 17.9. The van der Waals surface area contributed by atoms with E-state index >= 15 is 0 Å². The van der Waals surface area contributed by atoms with Gasteiger partial charge >= 0.3 is 0 Å². The maximum absolute atomic E-state index is 3.78. The summed E-state index contributed by atoms with van der Waals surface area (Å²) in [7, 11) is 0. The Bertz CT molecular complexity index is 1890. The first-order valence-corrected chi connectivity index (χ1v) is 13.5. The fourth-order valence-corrected chi connectivity index (χ4v) is 8.48. The summed E-state index contributed by atoms with van der Waals surface area (Å²) in [5.74, 6) is 0. The molecule has 0 fully saturated rings. The van der Waals surface area contributed by atoms with Gasteiger partial charge in [-0.3, -0.25) is 0 Å². The minimum atomic E-state index is 0.373. The van der Waals surface area contributed by atoms with Gasteiger partial charge in [0.25, 0.3) is 0 Å². The molecule has 0 saturated carbocycles. The van der Waals surface area contributed by atoms with Gasteiger partial charge in [-0.05, 0) is 79.4 Å². The molecule has 0 radical (unpaired) electrons. The molecule has 2 unspecified atom stereocenters. The van der Waals surface area contributed by atoms with E-state index in [0.29, 0.717) is 10.5 Å². The molecule has 5 aromatic carbocycles. The fourth-order valence-electron chi connectivity index (χ4n) is 6.80. The molecule has 1 nitrogen and oxygen atoms in total. The van der Waals surface area contributed by atoms with E-state index in [4.69, 9.17) is 0 Å². The number of aromatic nitrogens is 1. The number of H-pyrrole nitrogens is 1. The van der Waals surface area contributed by atoms with Crippen LogP contribution in [-0.2, 0) is 0 Å². The normalized spacial score (nSPS) is 17.9. The second-order valence-electron chi connectivity index (χ2n) is 10.1. The Labute approximate surface area is 213 Å². The molecule has 1 N–H and O–H groups in total. The van der Waals surface area contributed by atoms with Gasteiger partial charge in [0.05, 0.1) is 10.5 Å². The van der Waals surface area contributed by atoms with Crippen LogP contribution in [0.4, 0.5) is 0 Å². The van der Waals surface area contributed by atoms with Crippen LogP contribution < -0.4 is 0 Å². The monoisotopic (exact) mass is 475 g/mol. The van der Waals surface area contributed by atoms with Crippen LogP contribution >= 0.6 is 11.8 Å². The first kappa shape index (κ1) is 19.2. The standard InChI is InChI=1S/C34H21NS/c1-2-10-20-19(9-1)21-11-3-5-13-23(21)26-17-28-29(18-27(26)24-14-6-4-12-22(20)24)34-32-31(33(28)36-34)25-15-7-8-16-30(25)35-32/h1-18,33-35H. The Morgan fingerprint density at radius 1 is 0.472 bits per heavy atom. The number of hydrogen-bond acceptors (Lipinski definition) is 1. The summed E-state index contributed by atoms with van der Waals surface area (Å²) in [4.78, 5) is 3.78. The molecular weight excluding hydrogens is 454 g/mol. The average Bonchev–Trinajstić information content (AvgIpc) is 3.61. The molecule has 3 heterocycles. The molecule has 2 bridgehead atoms. The Balaban J connectivity index is 1.38. The van der Waals surface area contributed by atoms with E-state index in [1.165, 1.54) is 77.8 Å². The van der Waals surface area contributed by atoms with Crippen LogP contribution in [0.2, 0.25) is 0 Å². The van der Waals surface area contributed by atoms with E-state index in [2.05, 4.69) is 126 Å². The van der Waals surface area contributed by atoms with Gasteiger partial charge in [-0.15, -0.1) is 11.8 Å². The summed E-state index contributed by atoms with van der Waals surface area (Å²) in [6.07, 6.45) is 0. The van der Waals surface area contributed by atoms with Crippen LogP contribution in [-0.4, -0.2) is 4.98 Å². The molecule has 3 aliphatic rings. The van der Waals surface area contributed by atoms with E-state index in [-0.39, 0.29) is 0 Å². The number of benzene rings is 5. The summed E-state index contributed by atoms with van der Waals surface area (Å²) < 4.78 is 0. The van der Waals surface area contributed by atoms with Crippen LogP contribution in [0.3, 0.4) is 0 Å². The lowest BCUT2D eigenvalue weighted by Crippen LogP contribution is -2.05. The van der Waals surface area contributed by atoms with Crippen molar-refractivity contribution in [2.24, 2.45) is 0 Å². The molecule has 2 aliphatic heterocycles. The van der Waals surface area contributed by atoms with Gasteiger partial charge < -0.3 is 4.98 Å². The van der Waals surface area contributed by atoms with Crippen molar-refractivity contribution in [3.63, 3.8) is 0 Å². The van der Waals surface area contributed by atoms with Gasteiger partial charge in [0.15, 0.2) is 0 Å². The van der Waals surface area contributed by atoms with E-state index < -0.39 is 0 Å². The highest BCUT2D eigenvalue weighted by Crippen LogP contribution is 2.66. The second kappa shape index (κ2) is 6.81. The van der Waals surface area contributed by atoms with E-state index in [1.807, 2.05) is 0 Å². The molecule has 9 rings (SSSR count). The van der Waals surface area contributed by atoms with Crippen molar-refractivity contribution in [2.45, 2.75) is 10.5 Å². The Kier molecular flexibility index (Phi) is 3.63. The molecule has 1 aromatic heterocycles. The molecule has 2 atom stereocenters. The lowest BCUT2D eigenvalue weighted by Gasteiger charge is -2.25. The zero-order valence-corrected chi connectivity index (χ0v) is 20.3. The lowest BCUT2D eigenvalue weighted by molar-refractivity contribution is 1.02. The second-order valence-corrected chi connectivity index (χ2v) is 11.3. The van der Waals surface area contributed by atoms with E-state index in [1.54, 1.807) is 0 Å². The summed E-state index contributed by atoms with van der Waals surface area (Å²) in [6, 6.07) is 40.6. The number of nitrogens with one attached hydrogen (secondary N) is 1. The summed E-state index contributed by atoms with van der Waals surface area (Å²) >= 11 is 2.10. The van der Waals surface area contributed by atoms with Gasteiger partial charge in [-0.2, -0.15) is 0 Å². The number of fused-ring (bicyclic) bond motifs is 18. The Morgan fingerprint density at radius 3 is 1.47 bits per heavy atom. The van der Waals surface area contributed by atoms with Crippen molar-refractivity contribution < 1.29 is 0 Å². The van der Waals surface area contributed by atoms with Crippen LogP contribution in [0.5, 0.6) is 0 Å². The number of rotatable bonds is 0. The maximum Gasteiger partial charge on any atom is 0.0713 e. The van der Waals surface area contributed by atoms with Gasteiger partial charge in [-0.25, -0.2) is 0 Å². The number of thioether (sulfide) groups is 1. The highest BCUT2D eigenvalue weighted by Gasteiger charge is 2.45. The van der Waals surface area contributed by atoms with Crippen molar-refractivity contribution in [1.82, 2.24) is 4.98 Å². The van der Waals surface area contributed by atoms with Crippen molar-refractivity contribution in [3.8, 4) is 44.5 Å². The number of hydrogen-bond donors (Lipinski definition) is 1. The molecule has 36 heavy (non-hydrogen) atoms. The van der Waals surface area contributed by atoms with E-state index in [0.717, 1.165) is 0 Å². The molecule has 0 spiro atoms. The highest BCUT2D eigenvalue weighted by molar-refractivity contribution is 8.00. The smallest absolute Gasteiger partial charge is 0.0713 e. The minimum Gasteiger partial charge on any atom is -0.357 e. The van der Waals surface area contributed by atoms with Crippen LogP contribution in [0, 0.1) is 0 Å². The first-order valence-electron chi connectivity index (χ1n) is 12.6. The Hall–Kier alpha value is -4.01. The minimum absolute atomic E-state index is 0.373. The summed E-state index contributed by atoms with van der Waals surface area (Å²) in [5.41, 5.74) is 17.7. The third kappa shape index (κ3) is 2.33. The number of para-hydroxylation sites is 1. The van der Waals surface area contributed by atoms with Crippen LogP contribution in [0.25, 0.3) is 55.4 Å². The van der Waals surface area contributed by atoms with Crippen LogP contribution in [0.15, 0.2) is 109 Å². The maximum atomic E-state index is 3.78. The third-order valence-corrected chi connectivity index (χ3v) is 9.83. The molecule has 168 valence electrons. The summed E-state index contributed by atoms with van der Waals surface area (Å²) in [5, 5.41) is 2.14. The molecule has 2 heteroatoms. The highest BCUT2D eigenvalue weighted by atomic mass is 32.2. The molecule has 1 aliphatic carbocycles. The van der Waals surface area contributed by atoms with Gasteiger partial charge in [0, 0.05) is 16.6 Å². The van der Waals surface area contributed by atoms with Crippen molar-refractivity contribution in [2.75, 3.05) is 0 Å². The van der Waals surface area contributed by atoms with Crippen LogP contribution in [0.1, 0.15) is 32.9 Å². The predicted molar refractivity (Wildman–Crippen MR) is 151 cm³/mol. The van der Waals surface area contributed by atoms with Crippen molar-refractivity contribution in [1.29, 1.82) is 0 Å². The zero-order chi connectivity index (χ0) is 23.4. The average molecular weight is 476 g/mol. The Morgan fingerprint density at radius 2 is 0.917 bits per heavy atom. The third-order valence-electron chi connectivity index (χ3n) is 8.30.